The number of hydrogen-bond donors (Lipinski definition) is 5. The van der Waals surface area contributed by atoms with Crippen LogP contribution in [0, 0.1) is 12.7 Å². The lowest BCUT2D eigenvalue weighted by molar-refractivity contribution is -0.118. The van der Waals surface area contributed by atoms with Gasteiger partial charge in [-0.1, -0.05) is 19.3 Å². The van der Waals surface area contributed by atoms with E-state index in [-0.39, 0.29) is 40.9 Å². The average Bonchev–Trinajstić information content (AvgIpc) is 2.71. The van der Waals surface area contributed by atoms with E-state index in [2.05, 4.69) is 16.0 Å². The second-order valence-corrected chi connectivity index (χ2v) is 8.01. The highest BCUT2D eigenvalue weighted by molar-refractivity contribution is 5.96. The molecule has 1 saturated carbocycles. The fraction of sp³-hybridized carbons (Fsp3) is 0.455. The molecule has 0 bridgehead atoms. The van der Waals surface area contributed by atoms with Crippen molar-refractivity contribution in [3.8, 4) is 0 Å². The van der Waals surface area contributed by atoms with Gasteiger partial charge in [-0.15, -0.1) is 0 Å². The minimum atomic E-state index is -0.521. The molecule has 2 fully saturated rings. The molecule has 7 N–H and O–H groups in total. The van der Waals surface area contributed by atoms with Crippen molar-refractivity contribution in [1.29, 1.82) is 0 Å². The molecule has 1 aliphatic heterocycles. The summed E-state index contributed by atoms with van der Waals surface area (Å²) < 4.78 is 14.4. The molecule has 162 valence electrons. The lowest BCUT2D eigenvalue weighted by Gasteiger charge is -2.28. The second-order valence-electron chi connectivity index (χ2n) is 8.01. The molecule has 0 spiro atoms. The first kappa shape index (κ1) is 21.8. The first-order valence-electron chi connectivity index (χ1n) is 10.4. The number of rotatable bonds is 6. The Morgan fingerprint density at radius 2 is 1.77 bits per heavy atom. The summed E-state index contributed by atoms with van der Waals surface area (Å²) in [4.78, 5) is 24.6. The maximum Gasteiger partial charge on any atom is 0.267 e. The normalized spacial score (nSPS) is 18.6. The lowest BCUT2D eigenvalue weighted by atomic mass is 9.95. The molecule has 1 saturated heterocycles. The van der Waals surface area contributed by atoms with Gasteiger partial charge in [0.25, 0.3) is 11.8 Å². The minimum absolute atomic E-state index is 0.0352. The summed E-state index contributed by atoms with van der Waals surface area (Å²) in [6.07, 6.45) is 8.21. The zero-order valence-corrected chi connectivity index (χ0v) is 17.3. The zero-order chi connectivity index (χ0) is 21.7. The van der Waals surface area contributed by atoms with Gasteiger partial charge in [-0.05, 0) is 49.6 Å². The maximum absolute atomic E-state index is 14.4. The molecule has 0 atom stereocenters. The number of carbonyl (C=O) groups excluding carboxylic acids is 2. The van der Waals surface area contributed by atoms with Crippen LogP contribution < -0.4 is 27.4 Å². The number of nitrogens with two attached hydrogens (primary N) is 2. The highest BCUT2D eigenvalue weighted by Gasteiger charge is 2.21. The number of allylic oxidation sites excluding steroid dienone is 2. The van der Waals surface area contributed by atoms with E-state index in [1.54, 1.807) is 13.0 Å². The van der Waals surface area contributed by atoms with E-state index >= 15 is 0 Å². The van der Waals surface area contributed by atoms with Crippen LogP contribution in [0.4, 0.5) is 4.39 Å². The monoisotopic (exact) mass is 415 g/mol. The Morgan fingerprint density at radius 1 is 1.07 bits per heavy atom. The van der Waals surface area contributed by atoms with E-state index < -0.39 is 5.82 Å². The third kappa shape index (κ3) is 5.38. The quantitative estimate of drug-likeness (QED) is 0.355. The van der Waals surface area contributed by atoms with E-state index in [4.69, 9.17) is 11.5 Å². The summed E-state index contributed by atoms with van der Waals surface area (Å²) in [5.74, 6) is -1.21. The summed E-state index contributed by atoms with van der Waals surface area (Å²) in [5, 5.41) is 8.83. The van der Waals surface area contributed by atoms with Gasteiger partial charge in [-0.25, -0.2) is 4.39 Å². The van der Waals surface area contributed by atoms with Crippen molar-refractivity contribution in [2.75, 3.05) is 13.1 Å². The van der Waals surface area contributed by atoms with Gasteiger partial charge in [0, 0.05) is 36.0 Å². The molecule has 1 heterocycles. The summed E-state index contributed by atoms with van der Waals surface area (Å²) in [5.41, 5.74) is 13.2. The third-order valence-corrected chi connectivity index (χ3v) is 5.68. The topological polar surface area (TPSA) is 122 Å². The first-order chi connectivity index (χ1) is 14.3. The van der Waals surface area contributed by atoms with Gasteiger partial charge in [0.2, 0.25) is 0 Å². The Hall–Kier alpha value is -2.87. The summed E-state index contributed by atoms with van der Waals surface area (Å²) in [7, 11) is 0. The highest BCUT2D eigenvalue weighted by Crippen LogP contribution is 2.21. The molecule has 1 aliphatic carbocycles. The van der Waals surface area contributed by atoms with Crippen LogP contribution in [0.3, 0.4) is 0 Å². The SMILES string of the molecule is Cc1c(F)cc(C(=O)NC2CNC2)cc1/C(N)=C/C=C(\N)C(=O)NC1CCCCC1. The molecule has 2 amide bonds. The van der Waals surface area contributed by atoms with Crippen molar-refractivity contribution in [1.82, 2.24) is 16.0 Å². The lowest BCUT2D eigenvalue weighted by Crippen LogP contribution is -2.56. The second kappa shape index (κ2) is 9.75. The predicted octanol–water partition coefficient (Wildman–Crippen LogP) is 1.43. The van der Waals surface area contributed by atoms with E-state index in [0.717, 1.165) is 25.7 Å². The van der Waals surface area contributed by atoms with Gasteiger partial charge >= 0.3 is 0 Å². The number of hydrogen-bond acceptors (Lipinski definition) is 5. The Morgan fingerprint density at radius 3 is 2.40 bits per heavy atom. The van der Waals surface area contributed by atoms with E-state index in [0.29, 0.717) is 24.2 Å². The molecule has 30 heavy (non-hydrogen) atoms. The number of nitrogens with one attached hydrogen (secondary N) is 3. The fourth-order valence-corrected chi connectivity index (χ4v) is 3.63. The van der Waals surface area contributed by atoms with Crippen LogP contribution >= 0.6 is 0 Å². The number of carbonyl (C=O) groups is 2. The third-order valence-electron chi connectivity index (χ3n) is 5.68. The molecule has 8 heteroatoms. The van der Waals surface area contributed by atoms with E-state index in [1.807, 2.05) is 0 Å². The summed E-state index contributed by atoms with van der Waals surface area (Å²) in [6.45, 7) is 2.98. The molecule has 0 radical (unpaired) electrons. The van der Waals surface area contributed by atoms with E-state index in [1.165, 1.54) is 24.6 Å². The Labute approximate surface area is 176 Å². The van der Waals surface area contributed by atoms with Crippen molar-refractivity contribution in [2.45, 2.75) is 51.1 Å². The van der Waals surface area contributed by atoms with Crippen LogP contribution in [0.15, 0.2) is 30.0 Å². The first-order valence-corrected chi connectivity index (χ1v) is 10.4. The van der Waals surface area contributed by atoms with Gasteiger partial charge in [0.1, 0.15) is 5.82 Å². The van der Waals surface area contributed by atoms with Crippen molar-refractivity contribution in [2.24, 2.45) is 11.5 Å². The van der Waals surface area contributed by atoms with Crippen LogP contribution in [0.2, 0.25) is 0 Å². The van der Waals surface area contributed by atoms with Gasteiger partial charge in [-0.3, -0.25) is 9.59 Å². The Kier molecular flexibility index (Phi) is 7.10. The molecule has 0 aromatic heterocycles. The summed E-state index contributed by atoms with van der Waals surface area (Å²) in [6, 6.07) is 2.95. The molecule has 3 rings (SSSR count). The average molecular weight is 416 g/mol. The van der Waals surface area contributed by atoms with Crippen LogP contribution in [0.25, 0.3) is 5.70 Å². The molecular weight excluding hydrogens is 385 g/mol. The molecule has 1 aromatic rings. The van der Waals surface area contributed by atoms with Crippen molar-refractivity contribution in [3.05, 3.63) is 52.5 Å². The standard InChI is InChI=1S/C22H30FN5O2/c1-13-17(9-14(10-18(13)23)21(29)28-16-11-26-12-16)19(24)7-8-20(25)22(30)27-15-5-3-2-4-6-15/h7-10,15-16,26H,2-6,11-12,24-25H2,1H3,(H,27,30)(H,28,29)/b19-7-,20-8-. The van der Waals surface area contributed by atoms with Crippen molar-refractivity contribution < 1.29 is 14.0 Å². The van der Waals surface area contributed by atoms with E-state index in [9.17, 15) is 14.0 Å². The molecule has 0 unspecified atom stereocenters. The van der Waals surface area contributed by atoms with Gasteiger partial charge < -0.3 is 27.4 Å². The summed E-state index contributed by atoms with van der Waals surface area (Å²) >= 11 is 0. The van der Waals surface area contributed by atoms with Crippen LogP contribution in [-0.2, 0) is 4.79 Å². The number of amides is 2. The van der Waals surface area contributed by atoms with Gasteiger partial charge in [0.05, 0.1) is 11.7 Å². The number of benzene rings is 1. The van der Waals surface area contributed by atoms with Crippen LogP contribution in [0.1, 0.15) is 53.6 Å². The molecule has 1 aromatic carbocycles. The van der Waals surface area contributed by atoms with Crippen LogP contribution in [-0.4, -0.2) is 37.0 Å². The smallest absolute Gasteiger partial charge is 0.267 e. The number of halogens is 1. The highest BCUT2D eigenvalue weighted by atomic mass is 19.1. The molecule has 2 aliphatic rings. The largest absolute Gasteiger partial charge is 0.398 e. The molecular formula is C22H30FN5O2. The predicted molar refractivity (Wildman–Crippen MR) is 115 cm³/mol. The minimum Gasteiger partial charge on any atom is -0.398 e. The van der Waals surface area contributed by atoms with Crippen molar-refractivity contribution >= 4 is 17.5 Å². The Bertz CT molecular complexity index is 871. The van der Waals surface area contributed by atoms with Crippen LogP contribution in [0.5, 0.6) is 0 Å². The Balaban J connectivity index is 1.72. The van der Waals surface area contributed by atoms with Gasteiger partial charge in [-0.2, -0.15) is 0 Å². The van der Waals surface area contributed by atoms with Crippen molar-refractivity contribution in [3.63, 3.8) is 0 Å². The van der Waals surface area contributed by atoms with Gasteiger partial charge in [0.15, 0.2) is 0 Å². The zero-order valence-electron chi connectivity index (χ0n) is 17.3. The maximum atomic E-state index is 14.4. The fourth-order valence-electron chi connectivity index (χ4n) is 3.63. The molecule has 7 nitrogen and oxygen atoms in total.